The molecule has 204 valence electrons. The second-order valence-corrected chi connectivity index (χ2v) is 10.00. The largest absolute Gasteiger partial charge is 0.507 e. The smallest absolute Gasteiger partial charge is 0.273 e. The number of aromatic nitrogens is 2. The topological polar surface area (TPSA) is 101 Å². The standard InChI is InChI=1S/C30H32ClN3O5/c1-4-6-7-12-39-24-11-10-19(15-25(24)37-5-2)29-26-27(21-16-22(31)18(3)14-23(21)35)32-33-28(26)30(36)34(29)17-20-9-8-13-38-20/h8-11,13-16,29,35H,4-7,12,17H2,1-3H3,(H,32,33). The first-order valence-electron chi connectivity index (χ1n) is 13.2. The molecule has 9 heteroatoms. The summed E-state index contributed by atoms with van der Waals surface area (Å²) in [5.74, 6) is 1.73. The van der Waals surface area contributed by atoms with E-state index in [1.165, 1.54) is 0 Å². The van der Waals surface area contributed by atoms with Crippen LogP contribution in [-0.2, 0) is 6.54 Å². The Hall–Kier alpha value is -3.91. The van der Waals surface area contributed by atoms with Crippen LogP contribution in [0.15, 0.2) is 53.1 Å². The first kappa shape index (κ1) is 26.7. The summed E-state index contributed by atoms with van der Waals surface area (Å²) in [5.41, 5.74) is 3.48. The molecule has 0 saturated heterocycles. The van der Waals surface area contributed by atoms with Gasteiger partial charge in [0.1, 0.15) is 22.9 Å². The third-order valence-electron chi connectivity index (χ3n) is 6.89. The lowest BCUT2D eigenvalue weighted by Crippen LogP contribution is -2.29. The second-order valence-electron chi connectivity index (χ2n) is 9.59. The molecule has 1 aliphatic rings. The highest BCUT2D eigenvalue weighted by Gasteiger charge is 2.43. The van der Waals surface area contributed by atoms with E-state index in [1.807, 2.05) is 38.1 Å². The highest BCUT2D eigenvalue weighted by atomic mass is 35.5. The molecule has 0 spiro atoms. The van der Waals surface area contributed by atoms with Gasteiger partial charge in [0.15, 0.2) is 11.5 Å². The van der Waals surface area contributed by atoms with Crippen molar-refractivity contribution in [1.82, 2.24) is 15.1 Å². The fraction of sp³-hybridized carbons (Fsp3) is 0.333. The maximum atomic E-state index is 13.7. The van der Waals surface area contributed by atoms with Gasteiger partial charge in [-0.2, -0.15) is 5.10 Å². The number of phenolic OH excluding ortho intramolecular Hbond substituents is 1. The second kappa shape index (κ2) is 11.5. The van der Waals surface area contributed by atoms with E-state index in [1.54, 1.807) is 29.4 Å². The van der Waals surface area contributed by atoms with Crippen molar-refractivity contribution in [3.05, 3.63) is 81.9 Å². The third-order valence-corrected chi connectivity index (χ3v) is 7.30. The van der Waals surface area contributed by atoms with Crippen LogP contribution in [0.5, 0.6) is 17.2 Å². The number of carbonyl (C=O) groups is 1. The molecule has 1 aliphatic heterocycles. The molecule has 1 atom stereocenters. The van der Waals surface area contributed by atoms with E-state index >= 15 is 0 Å². The number of nitrogens with zero attached hydrogens (tertiary/aromatic N) is 2. The SMILES string of the molecule is CCCCCOc1ccc(C2c3c(-c4cc(Cl)c(C)cc4O)n[nH]c3C(=O)N2Cc2ccco2)cc1OCC. The van der Waals surface area contributed by atoms with Gasteiger partial charge in [0, 0.05) is 16.1 Å². The summed E-state index contributed by atoms with van der Waals surface area (Å²) in [5, 5.41) is 18.7. The molecular formula is C30H32ClN3O5. The highest BCUT2D eigenvalue weighted by molar-refractivity contribution is 6.31. The zero-order valence-electron chi connectivity index (χ0n) is 22.3. The molecule has 39 heavy (non-hydrogen) atoms. The minimum atomic E-state index is -0.529. The average molecular weight is 550 g/mol. The molecule has 8 nitrogen and oxygen atoms in total. The van der Waals surface area contributed by atoms with Gasteiger partial charge in [-0.1, -0.05) is 37.4 Å². The Morgan fingerprint density at radius 1 is 1.13 bits per heavy atom. The van der Waals surface area contributed by atoms with Crippen molar-refractivity contribution >= 4 is 17.5 Å². The Bertz CT molecular complexity index is 1460. The molecule has 2 N–H and O–H groups in total. The van der Waals surface area contributed by atoms with Crippen LogP contribution in [0.1, 0.15) is 72.1 Å². The van der Waals surface area contributed by atoms with Gasteiger partial charge in [0.05, 0.1) is 32.1 Å². The number of H-pyrrole nitrogens is 1. The Labute approximate surface area is 232 Å². The number of unbranched alkanes of at least 4 members (excludes halogenated alkanes) is 2. The van der Waals surface area contributed by atoms with Gasteiger partial charge in [-0.05, 0) is 67.8 Å². The molecule has 4 aromatic rings. The summed E-state index contributed by atoms with van der Waals surface area (Å²) in [7, 11) is 0. The maximum absolute atomic E-state index is 13.7. The lowest BCUT2D eigenvalue weighted by molar-refractivity contribution is 0.0716. The molecule has 0 bridgehead atoms. The third kappa shape index (κ3) is 5.21. The van der Waals surface area contributed by atoms with Crippen LogP contribution in [0.25, 0.3) is 11.3 Å². The van der Waals surface area contributed by atoms with Crippen molar-refractivity contribution in [1.29, 1.82) is 0 Å². The minimum Gasteiger partial charge on any atom is -0.507 e. The van der Waals surface area contributed by atoms with E-state index in [9.17, 15) is 9.90 Å². The molecule has 0 saturated carbocycles. The van der Waals surface area contributed by atoms with Gasteiger partial charge in [-0.3, -0.25) is 9.89 Å². The first-order chi connectivity index (χ1) is 18.9. The summed E-state index contributed by atoms with van der Waals surface area (Å²) in [6.45, 7) is 7.21. The first-order valence-corrected chi connectivity index (χ1v) is 13.6. The number of halogens is 1. The van der Waals surface area contributed by atoms with Gasteiger partial charge in [-0.25, -0.2) is 0 Å². The monoisotopic (exact) mass is 549 g/mol. The molecule has 5 rings (SSSR count). The summed E-state index contributed by atoms with van der Waals surface area (Å²) in [6.07, 6.45) is 4.75. The van der Waals surface area contributed by atoms with E-state index in [4.69, 9.17) is 25.5 Å². The zero-order valence-corrected chi connectivity index (χ0v) is 23.0. The zero-order chi connectivity index (χ0) is 27.5. The van der Waals surface area contributed by atoms with Gasteiger partial charge >= 0.3 is 0 Å². The fourth-order valence-electron chi connectivity index (χ4n) is 4.95. The van der Waals surface area contributed by atoms with E-state index < -0.39 is 6.04 Å². The molecule has 3 heterocycles. The summed E-state index contributed by atoms with van der Waals surface area (Å²) < 4.78 is 17.6. The number of aromatic hydroxyl groups is 1. The number of nitrogens with one attached hydrogen (secondary N) is 1. The van der Waals surface area contributed by atoms with Crippen LogP contribution in [0, 0.1) is 6.92 Å². The van der Waals surface area contributed by atoms with Crippen molar-refractivity contribution in [3.8, 4) is 28.5 Å². The van der Waals surface area contributed by atoms with Crippen LogP contribution >= 0.6 is 11.6 Å². The number of fused-ring (bicyclic) bond motifs is 1. The number of phenols is 1. The summed E-state index contributed by atoms with van der Waals surface area (Å²) in [4.78, 5) is 15.4. The predicted octanol–water partition coefficient (Wildman–Crippen LogP) is 7.05. The molecule has 1 unspecified atom stereocenters. The van der Waals surface area contributed by atoms with Crippen molar-refractivity contribution in [2.24, 2.45) is 0 Å². The fourth-order valence-corrected chi connectivity index (χ4v) is 5.12. The number of furan rings is 1. The Morgan fingerprint density at radius 2 is 1.97 bits per heavy atom. The summed E-state index contributed by atoms with van der Waals surface area (Å²) >= 11 is 6.42. The van der Waals surface area contributed by atoms with Gasteiger partial charge in [0.2, 0.25) is 0 Å². The number of hydrogen-bond acceptors (Lipinski definition) is 6. The molecular weight excluding hydrogens is 518 g/mol. The van der Waals surface area contributed by atoms with Crippen LogP contribution in [0.3, 0.4) is 0 Å². The Kier molecular flexibility index (Phi) is 7.84. The van der Waals surface area contributed by atoms with Gasteiger partial charge in [0.25, 0.3) is 5.91 Å². The Balaban J connectivity index is 1.61. The van der Waals surface area contributed by atoms with Crippen LogP contribution in [-0.4, -0.2) is 39.3 Å². The molecule has 2 aromatic heterocycles. The number of aromatic amines is 1. The lowest BCUT2D eigenvalue weighted by atomic mass is 9.95. The normalized spacial score (nSPS) is 14.6. The number of rotatable bonds is 11. The van der Waals surface area contributed by atoms with Crippen LogP contribution in [0.4, 0.5) is 0 Å². The summed E-state index contributed by atoms with van der Waals surface area (Å²) in [6, 6.07) is 12.1. The lowest BCUT2D eigenvalue weighted by Gasteiger charge is -2.26. The minimum absolute atomic E-state index is 0.0349. The predicted molar refractivity (Wildman–Crippen MR) is 148 cm³/mol. The number of carbonyl (C=O) groups excluding carboxylic acids is 1. The molecule has 0 fully saturated rings. The quantitative estimate of drug-likeness (QED) is 0.194. The van der Waals surface area contributed by atoms with Crippen LogP contribution in [0.2, 0.25) is 5.02 Å². The Morgan fingerprint density at radius 3 is 2.72 bits per heavy atom. The van der Waals surface area contributed by atoms with Gasteiger partial charge < -0.3 is 23.9 Å². The molecule has 1 amide bonds. The van der Waals surface area contributed by atoms with E-state index in [2.05, 4.69) is 17.1 Å². The van der Waals surface area contributed by atoms with Crippen molar-refractivity contribution in [2.75, 3.05) is 13.2 Å². The van der Waals surface area contributed by atoms with Crippen molar-refractivity contribution in [3.63, 3.8) is 0 Å². The molecule has 2 aromatic carbocycles. The van der Waals surface area contributed by atoms with Crippen molar-refractivity contribution < 1.29 is 23.8 Å². The molecule has 0 aliphatic carbocycles. The number of hydrogen-bond donors (Lipinski definition) is 2. The van der Waals surface area contributed by atoms with Crippen LogP contribution < -0.4 is 9.47 Å². The maximum Gasteiger partial charge on any atom is 0.273 e. The molecule has 0 radical (unpaired) electrons. The number of ether oxygens (including phenoxy) is 2. The highest BCUT2D eigenvalue weighted by Crippen LogP contribution is 2.47. The number of benzene rings is 2. The van der Waals surface area contributed by atoms with E-state index in [0.717, 1.165) is 30.4 Å². The van der Waals surface area contributed by atoms with Gasteiger partial charge in [-0.15, -0.1) is 0 Å². The number of amides is 1. The van der Waals surface area contributed by atoms with Crippen molar-refractivity contribution in [2.45, 2.75) is 52.6 Å². The average Bonchev–Trinajstić information content (AvgIpc) is 3.65. The number of aryl methyl sites for hydroxylation is 1. The van der Waals surface area contributed by atoms with E-state index in [-0.39, 0.29) is 18.2 Å². The van der Waals surface area contributed by atoms with E-state index in [0.29, 0.717) is 58.0 Å².